The Hall–Kier alpha value is -1.97. The SMILES string of the molecule is CS(=O)(=O)NC1=NCC(=CSC2=C(C(=O)[O-])N3C(=O)C(NC(=O)Cc4ccccc4)[C@H]3SC2)CN1.[Na+]. The summed E-state index contributed by atoms with van der Waals surface area (Å²) in [7, 11) is -3.44. The van der Waals surface area contributed by atoms with E-state index in [4.69, 9.17) is 0 Å². The van der Waals surface area contributed by atoms with Crippen LogP contribution in [-0.2, 0) is 30.8 Å². The van der Waals surface area contributed by atoms with E-state index in [9.17, 15) is 27.9 Å². The Morgan fingerprint density at radius 3 is 2.67 bits per heavy atom. The van der Waals surface area contributed by atoms with E-state index in [-0.39, 0.29) is 60.1 Å². The van der Waals surface area contributed by atoms with Gasteiger partial charge >= 0.3 is 29.6 Å². The van der Waals surface area contributed by atoms with Crippen LogP contribution in [0.15, 0.2) is 56.9 Å². The van der Waals surface area contributed by atoms with Gasteiger partial charge in [-0.1, -0.05) is 42.1 Å². The Balaban J connectivity index is 0.00000361. The maximum atomic E-state index is 12.8. The summed E-state index contributed by atoms with van der Waals surface area (Å²) in [4.78, 5) is 42.8. The fourth-order valence-corrected chi connectivity index (χ4v) is 6.56. The molecule has 186 valence electrons. The predicted octanol–water partition coefficient (Wildman–Crippen LogP) is -4.28. The molecule has 1 aromatic rings. The average molecular weight is 560 g/mol. The van der Waals surface area contributed by atoms with Gasteiger partial charge in [0.2, 0.25) is 21.9 Å². The minimum atomic E-state index is -3.44. The Labute approximate surface area is 239 Å². The summed E-state index contributed by atoms with van der Waals surface area (Å²) >= 11 is 2.53. The zero-order valence-electron chi connectivity index (χ0n) is 19.5. The molecule has 1 aromatic carbocycles. The number of benzene rings is 1. The van der Waals surface area contributed by atoms with Gasteiger partial charge in [-0.3, -0.25) is 19.2 Å². The number of aliphatic imine (C=N–C) groups is 1. The molecule has 0 bridgehead atoms. The number of sulfonamides is 1. The van der Waals surface area contributed by atoms with E-state index in [0.717, 1.165) is 29.2 Å². The van der Waals surface area contributed by atoms with Gasteiger partial charge in [0.05, 0.1) is 30.9 Å². The number of carbonyl (C=O) groups excluding carboxylic acids is 3. The largest absolute Gasteiger partial charge is 1.00 e. The van der Waals surface area contributed by atoms with Gasteiger partial charge in [0.15, 0.2) is 0 Å². The maximum absolute atomic E-state index is 12.8. The van der Waals surface area contributed by atoms with Crippen LogP contribution in [0.3, 0.4) is 0 Å². The van der Waals surface area contributed by atoms with Crippen molar-refractivity contribution in [1.82, 2.24) is 20.3 Å². The first-order chi connectivity index (χ1) is 16.6. The first-order valence-corrected chi connectivity index (χ1v) is 14.3. The molecule has 0 aliphatic carbocycles. The molecule has 36 heavy (non-hydrogen) atoms. The molecule has 15 heteroatoms. The van der Waals surface area contributed by atoms with E-state index in [1.54, 1.807) is 5.41 Å². The smallest absolute Gasteiger partial charge is 0.543 e. The molecule has 1 unspecified atom stereocenters. The maximum Gasteiger partial charge on any atom is 1.00 e. The number of hydrogen-bond donors (Lipinski definition) is 3. The van der Waals surface area contributed by atoms with Crippen LogP contribution in [0.25, 0.3) is 0 Å². The third-order valence-corrected chi connectivity index (χ3v) is 8.32. The number of amides is 2. The molecule has 11 nitrogen and oxygen atoms in total. The zero-order valence-corrected chi connectivity index (χ0v) is 24.0. The van der Waals surface area contributed by atoms with Crippen molar-refractivity contribution in [2.75, 3.05) is 25.1 Å². The molecule has 4 rings (SSSR count). The second kappa shape index (κ2) is 12.0. The van der Waals surface area contributed by atoms with E-state index < -0.39 is 33.3 Å². The van der Waals surface area contributed by atoms with Crippen molar-refractivity contribution >= 4 is 57.3 Å². The van der Waals surface area contributed by atoms with Crippen LogP contribution in [0.1, 0.15) is 5.56 Å². The minimum Gasteiger partial charge on any atom is -0.543 e. The van der Waals surface area contributed by atoms with Crippen LogP contribution in [0.4, 0.5) is 0 Å². The summed E-state index contributed by atoms with van der Waals surface area (Å²) in [6.45, 7) is 0.565. The standard InChI is InChI=1S/C21H23N5O6S3.Na/c1-35(31,32)25-21-22-8-13(9-23-21)10-33-14-11-34-19-16(18(28)26(19)17(14)20(29)30)24-15(27)7-12-5-3-2-4-6-12;/h2-6,10,16,19H,7-9,11H2,1H3,(H,24,27)(H,29,30)(H2,22,23,25);/q;+1/p-1/t16?,19-;/m1./s1. The third-order valence-electron chi connectivity index (χ3n) is 5.22. The quantitative estimate of drug-likeness (QED) is 0.222. The van der Waals surface area contributed by atoms with Crippen LogP contribution in [-0.4, -0.2) is 73.6 Å². The number of aliphatic carboxylic acids is 1. The average Bonchev–Trinajstić information content (AvgIpc) is 2.81. The summed E-state index contributed by atoms with van der Waals surface area (Å²) in [5.74, 6) is -1.79. The van der Waals surface area contributed by atoms with Crippen LogP contribution in [0.2, 0.25) is 0 Å². The molecule has 0 spiro atoms. The summed E-state index contributed by atoms with van der Waals surface area (Å²) < 4.78 is 24.8. The van der Waals surface area contributed by atoms with Crippen molar-refractivity contribution < 1.29 is 57.5 Å². The van der Waals surface area contributed by atoms with Gasteiger partial charge in [0, 0.05) is 17.2 Å². The number of thioether (sulfide) groups is 2. The van der Waals surface area contributed by atoms with Gasteiger partial charge in [-0.05, 0) is 16.5 Å². The second-order valence-corrected chi connectivity index (χ2v) is 11.8. The molecular formula is C21H22N5NaO6S3. The molecule has 3 N–H and O–H groups in total. The van der Waals surface area contributed by atoms with Crippen molar-refractivity contribution in [3.63, 3.8) is 0 Å². The Kier molecular flexibility index (Phi) is 9.57. The van der Waals surface area contributed by atoms with E-state index in [1.165, 1.54) is 16.7 Å². The van der Waals surface area contributed by atoms with Gasteiger partial charge in [-0.2, -0.15) is 0 Å². The number of guanidine groups is 1. The normalized spacial score (nSPS) is 22.5. The summed E-state index contributed by atoms with van der Waals surface area (Å²) in [5.41, 5.74) is 1.43. The molecular weight excluding hydrogens is 537 g/mol. The zero-order chi connectivity index (χ0) is 25.2. The molecule has 0 radical (unpaired) electrons. The number of nitrogens with zero attached hydrogens (tertiary/aromatic N) is 2. The third kappa shape index (κ3) is 6.86. The van der Waals surface area contributed by atoms with Gasteiger partial charge < -0.3 is 20.5 Å². The number of nitrogens with one attached hydrogen (secondary N) is 3. The van der Waals surface area contributed by atoms with Crippen LogP contribution in [0.5, 0.6) is 0 Å². The van der Waals surface area contributed by atoms with Gasteiger partial charge in [0.1, 0.15) is 11.4 Å². The van der Waals surface area contributed by atoms with Crippen molar-refractivity contribution in [3.8, 4) is 0 Å². The summed E-state index contributed by atoms with van der Waals surface area (Å²) in [6.07, 6.45) is 1.15. The fraction of sp³-hybridized carbons (Fsp3) is 0.333. The minimum absolute atomic E-state index is 0. The number of β-lactam (4-membered cyclic amide) rings is 1. The number of carbonyl (C=O) groups is 3. The molecule has 1 saturated heterocycles. The Morgan fingerprint density at radius 2 is 2.06 bits per heavy atom. The second-order valence-electron chi connectivity index (χ2n) is 7.96. The Morgan fingerprint density at radius 1 is 1.33 bits per heavy atom. The van der Waals surface area contributed by atoms with E-state index in [0.29, 0.717) is 17.2 Å². The number of carboxylic acid groups (broad SMARTS) is 1. The molecule has 1 fully saturated rings. The van der Waals surface area contributed by atoms with Gasteiger partial charge in [-0.15, -0.1) is 11.8 Å². The molecule has 3 aliphatic rings. The predicted molar refractivity (Wildman–Crippen MR) is 131 cm³/mol. The number of rotatable bonds is 7. The van der Waals surface area contributed by atoms with Crippen molar-refractivity contribution in [2.45, 2.75) is 17.8 Å². The molecule has 3 aliphatic heterocycles. The van der Waals surface area contributed by atoms with E-state index in [2.05, 4.69) is 20.3 Å². The van der Waals surface area contributed by atoms with Crippen molar-refractivity contribution in [2.24, 2.45) is 4.99 Å². The van der Waals surface area contributed by atoms with Crippen LogP contribution >= 0.6 is 23.5 Å². The number of hydrogen-bond acceptors (Lipinski definition) is 10. The van der Waals surface area contributed by atoms with Crippen LogP contribution in [0, 0.1) is 0 Å². The molecule has 0 saturated carbocycles. The van der Waals surface area contributed by atoms with Gasteiger partial charge in [-0.25, -0.2) is 13.4 Å². The van der Waals surface area contributed by atoms with Gasteiger partial charge in [0.25, 0.3) is 5.91 Å². The first kappa shape index (κ1) is 28.6. The number of fused-ring (bicyclic) bond motifs is 1. The summed E-state index contributed by atoms with van der Waals surface area (Å²) in [5, 5.41) is 18.7. The number of carboxylic acids is 1. The molecule has 0 aromatic heterocycles. The molecule has 2 atom stereocenters. The van der Waals surface area contributed by atoms with E-state index >= 15 is 0 Å². The van der Waals surface area contributed by atoms with Crippen LogP contribution < -0.4 is 50.0 Å². The van der Waals surface area contributed by atoms with Crippen molar-refractivity contribution in [3.05, 3.63) is 57.5 Å². The monoisotopic (exact) mass is 559 g/mol. The first-order valence-electron chi connectivity index (χ1n) is 10.5. The molecule has 3 heterocycles. The topological polar surface area (TPSA) is 160 Å². The molecule has 2 amide bonds. The fourth-order valence-electron chi connectivity index (χ4n) is 3.64. The van der Waals surface area contributed by atoms with Crippen molar-refractivity contribution in [1.29, 1.82) is 0 Å². The summed E-state index contributed by atoms with van der Waals surface area (Å²) in [6, 6.07) is 8.32. The van der Waals surface area contributed by atoms with E-state index in [1.807, 2.05) is 30.3 Å². The Bertz CT molecular complexity index is 1250.